The lowest BCUT2D eigenvalue weighted by Gasteiger charge is -2.31. The standard InChI is InChI=1S/C14H20FNO2/c1-2-18-11-7-10(9-17)14(16,8-11)12-5-3-4-6-13(12)15/h3-6,10-11,17H,2,7-9,16H2,1H3. The summed E-state index contributed by atoms with van der Waals surface area (Å²) in [5.74, 6) is -0.471. The first-order valence-corrected chi connectivity index (χ1v) is 6.38. The van der Waals surface area contributed by atoms with Gasteiger partial charge >= 0.3 is 0 Å². The van der Waals surface area contributed by atoms with Crippen molar-refractivity contribution in [1.29, 1.82) is 0 Å². The zero-order chi connectivity index (χ0) is 13.2. The number of hydrogen-bond donors (Lipinski definition) is 2. The summed E-state index contributed by atoms with van der Waals surface area (Å²) in [6, 6.07) is 6.53. The number of aliphatic hydroxyl groups is 1. The Morgan fingerprint density at radius 3 is 2.83 bits per heavy atom. The molecule has 0 spiro atoms. The molecule has 0 bridgehead atoms. The van der Waals surface area contributed by atoms with Gasteiger partial charge in [0.15, 0.2) is 0 Å². The van der Waals surface area contributed by atoms with Crippen LogP contribution in [0.2, 0.25) is 0 Å². The summed E-state index contributed by atoms with van der Waals surface area (Å²) in [4.78, 5) is 0. The fraction of sp³-hybridized carbons (Fsp3) is 0.571. The monoisotopic (exact) mass is 253 g/mol. The Morgan fingerprint density at radius 1 is 1.50 bits per heavy atom. The SMILES string of the molecule is CCOC1CC(CO)C(N)(c2ccccc2F)C1. The minimum atomic E-state index is -0.833. The van der Waals surface area contributed by atoms with Crippen molar-refractivity contribution in [3.8, 4) is 0 Å². The van der Waals surface area contributed by atoms with E-state index in [1.807, 2.05) is 6.92 Å². The molecule has 1 aromatic carbocycles. The van der Waals surface area contributed by atoms with Gasteiger partial charge in [-0.2, -0.15) is 0 Å². The summed E-state index contributed by atoms with van der Waals surface area (Å²) < 4.78 is 19.5. The van der Waals surface area contributed by atoms with Crippen LogP contribution in [-0.2, 0) is 10.3 Å². The number of halogens is 1. The molecule has 0 heterocycles. The minimum Gasteiger partial charge on any atom is -0.396 e. The van der Waals surface area contributed by atoms with Gasteiger partial charge < -0.3 is 15.6 Å². The molecule has 0 radical (unpaired) electrons. The molecule has 1 saturated carbocycles. The van der Waals surface area contributed by atoms with Gasteiger partial charge in [-0.25, -0.2) is 4.39 Å². The van der Waals surface area contributed by atoms with Crippen LogP contribution in [0.3, 0.4) is 0 Å². The first-order chi connectivity index (χ1) is 8.61. The van der Waals surface area contributed by atoms with Gasteiger partial charge in [0.05, 0.1) is 11.6 Å². The van der Waals surface area contributed by atoms with Gasteiger partial charge in [-0.1, -0.05) is 18.2 Å². The molecule has 1 aliphatic carbocycles. The van der Waals surface area contributed by atoms with Crippen LogP contribution in [0.1, 0.15) is 25.3 Å². The minimum absolute atomic E-state index is 0.00300. The molecule has 0 saturated heterocycles. The number of aliphatic hydroxyl groups excluding tert-OH is 1. The van der Waals surface area contributed by atoms with E-state index in [-0.39, 0.29) is 24.4 Å². The molecule has 3 unspecified atom stereocenters. The molecule has 3 N–H and O–H groups in total. The van der Waals surface area contributed by atoms with Crippen LogP contribution >= 0.6 is 0 Å². The Bertz CT molecular complexity index is 413. The van der Waals surface area contributed by atoms with Gasteiger partial charge in [-0.05, 0) is 25.8 Å². The molecular formula is C14H20FNO2. The van der Waals surface area contributed by atoms with Crippen LogP contribution in [-0.4, -0.2) is 24.4 Å². The molecule has 100 valence electrons. The van der Waals surface area contributed by atoms with Crippen molar-refractivity contribution in [2.75, 3.05) is 13.2 Å². The van der Waals surface area contributed by atoms with Gasteiger partial charge in [0.1, 0.15) is 5.82 Å². The fourth-order valence-corrected chi connectivity index (χ4v) is 2.92. The van der Waals surface area contributed by atoms with Gasteiger partial charge in [0.25, 0.3) is 0 Å². The Hall–Kier alpha value is -0.970. The second-order valence-electron chi connectivity index (χ2n) is 4.92. The highest BCUT2D eigenvalue weighted by molar-refractivity contribution is 5.29. The number of rotatable bonds is 4. The molecule has 18 heavy (non-hydrogen) atoms. The van der Waals surface area contributed by atoms with Crippen LogP contribution in [0.5, 0.6) is 0 Å². The van der Waals surface area contributed by atoms with Crippen molar-refractivity contribution in [3.63, 3.8) is 0 Å². The van der Waals surface area contributed by atoms with Gasteiger partial charge in [-0.3, -0.25) is 0 Å². The van der Waals surface area contributed by atoms with E-state index >= 15 is 0 Å². The van der Waals surface area contributed by atoms with E-state index < -0.39 is 5.54 Å². The molecule has 1 aromatic rings. The summed E-state index contributed by atoms with van der Waals surface area (Å²) >= 11 is 0. The van der Waals surface area contributed by atoms with E-state index in [9.17, 15) is 9.50 Å². The van der Waals surface area contributed by atoms with E-state index in [4.69, 9.17) is 10.5 Å². The predicted molar refractivity (Wildman–Crippen MR) is 67.5 cm³/mol. The number of hydrogen-bond acceptors (Lipinski definition) is 3. The Labute approximate surface area is 107 Å². The molecule has 2 rings (SSSR count). The Balaban J connectivity index is 2.31. The third kappa shape index (κ3) is 2.28. The number of benzene rings is 1. The van der Waals surface area contributed by atoms with Crippen molar-refractivity contribution in [1.82, 2.24) is 0 Å². The molecule has 0 amide bonds. The van der Waals surface area contributed by atoms with Crippen LogP contribution in [0.15, 0.2) is 24.3 Å². The summed E-state index contributed by atoms with van der Waals surface area (Å²) in [7, 11) is 0. The lowest BCUT2D eigenvalue weighted by Crippen LogP contribution is -2.43. The lowest BCUT2D eigenvalue weighted by atomic mass is 9.81. The van der Waals surface area contributed by atoms with E-state index in [0.717, 1.165) is 0 Å². The van der Waals surface area contributed by atoms with Crippen LogP contribution in [0.25, 0.3) is 0 Å². The molecule has 1 aliphatic rings. The zero-order valence-corrected chi connectivity index (χ0v) is 10.6. The highest BCUT2D eigenvalue weighted by Gasteiger charge is 2.46. The van der Waals surface area contributed by atoms with Crippen LogP contribution in [0, 0.1) is 11.7 Å². The fourth-order valence-electron chi connectivity index (χ4n) is 2.92. The highest BCUT2D eigenvalue weighted by atomic mass is 19.1. The summed E-state index contributed by atoms with van der Waals surface area (Å²) in [5, 5.41) is 9.48. The van der Waals surface area contributed by atoms with Crippen molar-refractivity contribution < 1.29 is 14.2 Å². The zero-order valence-electron chi connectivity index (χ0n) is 10.6. The van der Waals surface area contributed by atoms with E-state index in [2.05, 4.69) is 0 Å². The summed E-state index contributed by atoms with van der Waals surface area (Å²) in [6.07, 6.45) is 1.22. The largest absolute Gasteiger partial charge is 0.396 e. The number of nitrogens with two attached hydrogens (primary N) is 1. The maximum absolute atomic E-state index is 13.9. The second-order valence-corrected chi connectivity index (χ2v) is 4.92. The predicted octanol–water partition coefficient (Wildman–Crippen LogP) is 1.79. The normalized spacial score (nSPS) is 31.8. The van der Waals surface area contributed by atoms with E-state index in [1.165, 1.54) is 6.07 Å². The molecule has 3 nitrogen and oxygen atoms in total. The highest BCUT2D eigenvalue weighted by Crippen LogP contribution is 2.43. The van der Waals surface area contributed by atoms with Crippen LogP contribution in [0.4, 0.5) is 4.39 Å². The third-order valence-electron chi connectivity index (χ3n) is 3.84. The first-order valence-electron chi connectivity index (χ1n) is 6.38. The molecule has 0 aromatic heterocycles. The van der Waals surface area contributed by atoms with E-state index in [1.54, 1.807) is 18.2 Å². The molecule has 1 fully saturated rings. The van der Waals surface area contributed by atoms with Crippen molar-refractivity contribution in [2.45, 2.75) is 31.4 Å². The van der Waals surface area contributed by atoms with Crippen LogP contribution < -0.4 is 5.73 Å². The van der Waals surface area contributed by atoms with E-state index in [0.29, 0.717) is 25.0 Å². The smallest absolute Gasteiger partial charge is 0.128 e. The van der Waals surface area contributed by atoms with Gasteiger partial charge in [-0.15, -0.1) is 0 Å². The van der Waals surface area contributed by atoms with Gasteiger partial charge in [0, 0.05) is 24.7 Å². The summed E-state index contributed by atoms with van der Waals surface area (Å²) in [6.45, 7) is 2.48. The topological polar surface area (TPSA) is 55.5 Å². The summed E-state index contributed by atoms with van der Waals surface area (Å²) in [5.41, 5.74) is 6.02. The number of ether oxygens (including phenoxy) is 1. The molecule has 3 atom stereocenters. The van der Waals surface area contributed by atoms with Crippen molar-refractivity contribution in [3.05, 3.63) is 35.6 Å². The Morgan fingerprint density at radius 2 is 2.22 bits per heavy atom. The molecular weight excluding hydrogens is 233 g/mol. The first kappa shape index (κ1) is 13.5. The second kappa shape index (κ2) is 5.34. The average Bonchev–Trinajstić information content (AvgIpc) is 2.67. The van der Waals surface area contributed by atoms with Crippen molar-refractivity contribution >= 4 is 0 Å². The average molecular weight is 253 g/mol. The lowest BCUT2D eigenvalue weighted by molar-refractivity contribution is 0.0612. The Kier molecular flexibility index (Phi) is 4.00. The maximum Gasteiger partial charge on any atom is 0.128 e. The molecule has 4 heteroatoms. The maximum atomic E-state index is 13.9. The quantitative estimate of drug-likeness (QED) is 0.860. The van der Waals surface area contributed by atoms with Gasteiger partial charge in [0.2, 0.25) is 0 Å². The van der Waals surface area contributed by atoms with Crippen molar-refractivity contribution in [2.24, 2.45) is 11.7 Å². The third-order valence-corrected chi connectivity index (χ3v) is 3.84. The molecule has 0 aliphatic heterocycles.